The van der Waals surface area contributed by atoms with Crippen LogP contribution in [0.1, 0.15) is 34.1 Å². The fraction of sp³-hybridized carbons (Fsp3) is 0.538. The third-order valence-corrected chi connectivity index (χ3v) is 2.49. The summed E-state index contributed by atoms with van der Waals surface area (Å²) in [5.41, 5.74) is 2.55. The van der Waals surface area contributed by atoms with Gasteiger partial charge in [0.2, 0.25) is 0 Å². The maximum atomic E-state index is 4.01. The van der Waals surface area contributed by atoms with Gasteiger partial charge in [0.1, 0.15) is 0 Å². The van der Waals surface area contributed by atoms with Gasteiger partial charge in [0.05, 0.1) is 0 Å². The van der Waals surface area contributed by atoms with Crippen molar-refractivity contribution in [1.29, 1.82) is 0 Å². The van der Waals surface area contributed by atoms with Crippen molar-refractivity contribution >= 4 is 0 Å². The Morgan fingerprint density at radius 1 is 1.43 bits per heavy atom. The fourth-order valence-corrected chi connectivity index (χ4v) is 2.25. The smallest absolute Gasteiger partial charge is 0.0317 e. The predicted octanol–water partition coefficient (Wildman–Crippen LogP) is 3.21. The molecule has 1 N–H and O–H groups in total. The van der Waals surface area contributed by atoms with Crippen molar-refractivity contribution in [1.82, 2.24) is 5.32 Å². The van der Waals surface area contributed by atoms with Crippen molar-refractivity contribution in [2.24, 2.45) is 0 Å². The Kier molecular flexibility index (Phi) is 2.73. The Morgan fingerprint density at radius 2 is 2.00 bits per heavy atom. The summed E-state index contributed by atoms with van der Waals surface area (Å²) < 4.78 is 0. The minimum Gasteiger partial charge on any atom is -0.303 e. The van der Waals surface area contributed by atoms with Gasteiger partial charge in [0.25, 0.3) is 0 Å². The maximum Gasteiger partial charge on any atom is 0.0317 e. The predicted molar refractivity (Wildman–Crippen MR) is 63.3 cm³/mol. The van der Waals surface area contributed by atoms with Crippen molar-refractivity contribution in [3.05, 3.63) is 36.5 Å². The summed E-state index contributed by atoms with van der Waals surface area (Å²) >= 11 is 0. The molecular formula is C13H21N. The normalized spacial score (nSPS) is 23.9. The lowest BCUT2D eigenvalue weighted by Gasteiger charge is -2.41. The second-order valence-electron chi connectivity index (χ2n) is 5.31. The summed E-state index contributed by atoms with van der Waals surface area (Å²) in [5, 5.41) is 3.59. The molecule has 0 aromatic rings. The van der Waals surface area contributed by atoms with E-state index in [0.29, 0.717) is 0 Å². The molecule has 0 amide bonds. The number of hydrogen-bond acceptors (Lipinski definition) is 1. The average molecular weight is 191 g/mol. The van der Waals surface area contributed by atoms with E-state index in [2.05, 4.69) is 52.2 Å². The van der Waals surface area contributed by atoms with Crippen molar-refractivity contribution in [3.8, 4) is 0 Å². The first kappa shape index (κ1) is 11.3. The molecule has 1 heteroatoms. The molecular weight excluding hydrogens is 170 g/mol. The summed E-state index contributed by atoms with van der Waals surface area (Å²) in [4.78, 5) is 0. The van der Waals surface area contributed by atoms with Gasteiger partial charge in [-0.25, -0.2) is 0 Å². The zero-order valence-electron chi connectivity index (χ0n) is 9.78. The monoisotopic (exact) mass is 191 g/mol. The molecule has 14 heavy (non-hydrogen) atoms. The third-order valence-electron chi connectivity index (χ3n) is 2.49. The highest BCUT2D eigenvalue weighted by atomic mass is 15.0. The molecule has 1 nitrogen and oxygen atoms in total. The largest absolute Gasteiger partial charge is 0.303 e. The Morgan fingerprint density at radius 3 is 2.43 bits per heavy atom. The SMILES string of the molecule is C=CC(=C)C1=CC(C)(C)NC(C)(C)C1. The first-order valence-electron chi connectivity index (χ1n) is 5.08. The van der Waals surface area contributed by atoms with Crippen LogP contribution >= 0.6 is 0 Å². The van der Waals surface area contributed by atoms with Gasteiger partial charge in [-0.15, -0.1) is 0 Å². The van der Waals surface area contributed by atoms with Gasteiger partial charge in [0, 0.05) is 11.1 Å². The number of allylic oxidation sites excluding steroid dienone is 2. The molecule has 0 fully saturated rings. The van der Waals surface area contributed by atoms with Crippen LogP contribution in [0.5, 0.6) is 0 Å². The van der Waals surface area contributed by atoms with Gasteiger partial charge in [-0.3, -0.25) is 0 Å². The Hall–Kier alpha value is -0.820. The van der Waals surface area contributed by atoms with Crippen molar-refractivity contribution in [2.45, 2.75) is 45.2 Å². The van der Waals surface area contributed by atoms with Crippen LogP contribution in [-0.2, 0) is 0 Å². The molecule has 1 aliphatic heterocycles. The zero-order valence-corrected chi connectivity index (χ0v) is 9.78. The van der Waals surface area contributed by atoms with E-state index in [1.54, 1.807) is 0 Å². The molecule has 78 valence electrons. The molecule has 0 aromatic carbocycles. The molecule has 1 heterocycles. The van der Waals surface area contributed by atoms with Crippen LogP contribution in [0.2, 0.25) is 0 Å². The van der Waals surface area contributed by atoms with Gasteiger partial charge in [0.15, 0.2) is 0 Å². The second-order valence-corrected chi connectivity index (χ2v) is 5.31. The van der Waals surface area contributed by atoms with Gasteiger partial charge in [-0.2, -0.15) is 0 Å². The van der Waals surface area contributed by atoms with E-state index < -0.39 is 0 Å². The first-order valence-corrected chi connectivity index (χ1v) is 5.08. The van der Waals surface area contributed by atoms with Crippen LogP contribution in [0.25, 0.3) is 0 Å². The molecule has 0 bridgehead atoms. The minimum absolute atomic E-state index is 0.0447. The molecule has 0 saturated heterocycles. The van der Waals surface area contributed by atoms with E-state index in [1.165, 1.54) is 5.57 Å². The highest BCUT2D eigenvalue weighted by molar-refractivity contribution is 5.41. The van der Waals surface area contributed by atoms with Gasteiger partial charge < -0.3 is 5.32 Å². The van der Waals surface area contributed by atoms with Gasteiger partial charge in [-0.05, 0) is 45.3 Å². The zero-order chi connectivity index (χ0) is 11.0. The molecule has 0 aliphatic carbocycles. The average Bonchev–Trinajstić information content (AvgIpc) is 1.97. The Bertz CT molecular complexity index is 292. The highest BCUT2D eigenvalue weighted by Gasteiger charge is 2.32. The topological polar surface area (TPSA) is 12.0 Å². The summed E-state index contributed by atoms with van der Waals surface area (Å²) in [7, 11) is 0. The van der Waals surface area contributed by atoms with E-state index in [1.807, 2.05) is 6.08 Å². The van der Waals surface area contributed by atoms with E-state index in [4.69, 9.17) is 0 Å². The fourth-order valence-electron chi connectivity index (χ4n) is 2.25. The lowest BCUT2D eigenvalue weighted by Crippen LogP contribution is -2.54. The van der Waals surface area contributed by atoms with Gasteiger partial charge >= 0.3 is 0 Å². The highest BCUT2D eigenvalue weighted by Crippen LogP contribution is 2.31. The van der Waals surface area contributed by atoms with E-state index >= 15 is 0 Å². The summed E-state index contributed by atoms with van der Waals surface area (Å²) in [5.74, 6) is 0. The van der Waals surface area contributed by atoms with Crippen LogP contribution in [0.15, 0.2) is 36.5 Å². The summed E-state index contributed by atoms with van der Waals surface area (Å²) in [6, 6.07) is 0. The van der Waals surface area contributed by atoms with Crippen molar-refractivity contribution in [3.63, 3.8) is 0 Å². The van der Waals surface area contributed by atoms with Gasteiger partial charge in [-0.1, -0.05) is 25.3 Å². The molecule has 0 aromatic heterocycles. The standard InChI is InChI=1S/C13H21N/c1-7-10(2)11-8-12(3,4)14-13(5,6)9-11/h7-8,14H,1-2,9H2,3-6H3. The van der Waals surface area contributed by atoms with Crippen LogP contribution in [0.3, 0.4) is 0 Å². The van der Waals surface area contributed by atoms with E-state index in [-0.39, 0.29) is 11.1 Å². The molecule has 0 radical (unpaired) electrons. The van der Waals surface area contributed by atoms with Crippen molar-refractivity contribution < 1.29 is 0 Å². The maximum absolute atomic E-state index is 4.01. The molecule has 1 rings (SSSR count). The second kappa shape index (κ2) is 3.39. The summed E-state index contributed by atoms with van der Waals surface area (Å²) in [6.45, 7) is 16.6. The van der Waals surface area contributed by atoms with Crippen LogP contribution in [-0.4, -0.2) is 11.1 Å². The minimum atomic E-state index is 0.0447. The van der Waals surface area contributed by atoms with Crippen LogP contribution in [0.4, 0.5) is 0 Å². The van der Waals surface area contributed by atoms with E-state index in [9.17, 15) is 0 Å². The third kappa shape index (κ3) is 2.58. The van der Waals surface area contributed by atoms with Crippen molar-refractivity contribution in [2.75, 3.05) is 0 Å². The molecule has 0 spiro atoms. The Labute approximate surface area is 87.6 Å². The van der Waals surface area contributed by atoms with Crippen LogP contribution in [0, 0.1) is 0 Å². The molecule has 0 unspecified atom stereocenters. The number of hydrogen-bond donors (Lipinski definition) is 1. The van der Waals surface area contributed by atoms with E-state index in [0.717, 1.165) is 12.0 Å². The van der Waals surface area contributed by atoms with Crippen LogP contribution < -0.4 is 5.32 Å². The lowest BCUT2D eigenvalue weighted by molar-refractivity contribution is 0.285. The molecule has 0 atom stereocenters. The Balaban J connectivity index is 3.02. The quantitative estimate of drug-likeness (QED) is 0.661. The number of rotatable bonds is 2. The number of nitrogens with one attached hydrogen (secondary N) is 1. The summed E-state index contributed by atoms with van der Waals surface area (Å²) in [6.07, 6.45) is 5.10. The first-order chi connectivity index (χ1) is 6.26. The molecule has 1 aliphatic rings. The molecule has 0 saturated carbocycles. The lowest BCUT2D eigenvalue weighted by atomic mass is 9.81.